The molecule has 0 aliphatic heterocycles. The summed E-state index contributed by atoms with van der Waals surface area (Å²) in [6.45, 7) is 1.12. The Kier molecular flexibility index (Phi) is 5.76. The number of rotatable bonds is 6. The first kappa shape index (κ1) is 19.0. The van der Waals surface area contributed by atoms with Gasteiger partial charge in [-0.15, -0.1) is 0 Å². The molecule has 2 heterocycles. The Balaban J connectivity index is 1.30. The molecule has 0 saturated heterocycles. The van der Waals surface area contributed by atoms with Crippen LogP contribution in [0.2, 0.25) is 5.02 Å². The molecule has 0 aliphatic rings. The van der Waals surface area contributed by atoms with Crippen molar-refractivity contribution in [3.63, 3.8) is 0 Å². The molecule has 0 fully saturated rings. The number of aromatic amines is 1. The first-order valence-electron chi connectivity index (χ1n) is 9.31. The van der Waals surface area contributed by atoms with Gasteiger partial charge in [-0.1, -0.05) is 47.1 Å². The minimum atomic E-state index is 0.375. The van der Waals surface area contributed by atoms with Crippen molar-refractivity contribution in [3.05, 3.63) is 71.2 Å². The second-order valence-electron chi connectivity index (χ2n) is 6.48. The second kappa shape index (κ2) is 8.79. The Morgan fingerprint density at radius 1 is 1.17 bits per heavy atom. The summed E-state index contributed by atoms with van der Waals surface area (Å²) in [5.74, 6) is 1.65. The smallest absolute Gasteiger partial charge is 0.246 e. The Morgan fingerprint density at radius 3 is 2.93 bits per heavy atom. The molecule has 29 heavy (non-hydrogen) atoms. The summed E-state index contributed by atoms with van der Waals surface area (Å²) in [6, 6.07) is 15.6. The Morgan fingerprint density at radius 2 is 2.07 bits per heavy atom. The Bertz CT molecular complexity index is 1130. The van der Waals surface area contributed by atoms with E-state index >= 15 is 0 Å². The van der Waals surface area contributed by atoms with Crippen LogP contribution < -0.4 is 10.6 Å². The topological polar surface area (TPSA) is 91.1 Å². The summed E-state index contributed by atoms with van der Waals surface area (Å²) in [6.07, 6.45) is 2.93. The number of hydrogen-bond acceptors (Lipinski definition) is 4. The molecule has 0 amide bonds. The SMILES string of the molecule is CN=C(NCCc1c[nH]c2ccccc12)NCc1nc(-c2cccc(Cl)c2)no1. The van der Waals surface area contributed by atoms with Crippen LogP contribution in [0.3, 0.4) is 0 Å². The molecule has 0 unspecified atom stereocenters. The van der Waals surface area contributed by atoms with Gasteiger partial charge in [-0.05, 0) is 30.2 Å². The number of guanidine groups is 1. The Hall–Kier alpha value is -3.32. The molecular formula is C21H21ClN6O. The van der Waals surface area contributed by atoms with E-state index in [1.807, 2.05) is 18.2 Å². The van der Waals surface area contributed by atoms with Crippen molar-refractivity contribution in [2.75, 3.05) is 13.6 Å². The van der Waals surface area contributed by atoms with Gasteiger partial charge in [0.15, 0.2) is 5.96 Å². The number of aliphatic imine (C=N–C) groups is 1. The van der Waals surface area contributed by atoms with Crippen molar-refractivity contribution >= 4 is 28.5 Å². The summed E-state index contributed by atoms with van der Waals surface area (Å²) in [5.41, 5.74) is 3.23. The normalized spacial score (nSPS) is 11.7. The standard InChI is InChI=1S/C21H21ClN6O/c1-23-21(24-10-9-15-12-25-18-8-3-2-7-17(15)18)26-13-19-27-20(28-29-19)14-5-4-6-16(22)11-14/h2-8,11-12,25H,9-10,13H2,1H3,(H2,23,24,26). The lowest BCUT2D eigenvalue weighted by molar-refractivity contribution is 0.375. The lowest BCUT2D eigenvalue weighted by atomic mass is 10.1. The maximum Gasteiger partial charge on any atom is 0.246 e. The van der Waals surface area contributed by atoms with Crippen LogP contribution in [0, 0.1) is 0 Å². The molecule has 148 valence electrons. The highest BCUT2D eigenvalue weighted by Gasteiger charge is 2.10. The van der Waals surface area contributed by atoms with Crippen molar-refractivity contribution in [2.24, 2.45) is 4.99 Å². The fraction of sp³-hybridized carbons (Fsp3) is 0.190. The summed E-state index contributed by atoms with van der Waals surface area (Å²) in [7, 11) is 1.73. The highest BCUT2D eigenvalue weighted by molar-refractivity contribution is 6.30. The van der Waals surface area contributed by atoms with Crippen LogP contribution in [0.15, 0.2) is 64.2 Å². The average Bonchev–Trinajstić information content (AvgIpc) is 3.38. The third kappa shape index (κ3) is 4.57. The first-order valence-corrected chi connectivity index (χ1v) is 9.69. The van der Waals surface area contributed by atoms with Gasteiger partial charge < -0.3 is 20.1 Å². The van der Waals surface area contributed by atoms with Gasteiger partial charge in [-0.25, -0.2) is 0 Å². The molecular weight excluding hydrogens is 388 g/mol. The van der Waals surface area contributed by atoms with E-state index in [1.165, 1.54) is 10.9 Å². The van der Waals surface area contributed by atoms with Crippen LogP contribution in [0.4, 0.5) is 0 Å². The number of para-hydroxylation sites is 1. The van der Waals surface area contributed by atoms with Gasteiger partial charge in [0.05, 0.1) is 6.54 Å². The third-order valence-corrected chi connectivity index (χ3v) is 4.78. The number of hydrogen-bond donors (Lipinski definition) is 3. The number of H-pyrrole nitrogens is 1. The molecule has 8 heteroatoms. The highest BCUT2D eigenvalue weighted by atomic mass is 35.5. The van der Waals surface area contributed by atoms with E-state index in [1.54, 1.807) is 19.2 Å². The van der Waals surface area contributed by atoms with Crippen molar-refractivity contribution in [1.29, 1.82) is 0 Å². The molecule has 0 saturated carbocycles. The zero-order valence-electron chi connectivity index (χ0n) is 15.9. The molecule has 4 rings (SSSR count). The van der Waals surface area contributed by atoms with Gasteiger partial charge in [-0.3, -0.25) is 4.99 Å². The molecule has 3 N–H and O–H groups in total. The van der Waals surface area contributed by atoms with Crippen LogP contribution in [0.25, 0.3) is 22.3 Å². The third-order valence-electron chi connectivity index (χ3n) is 4.54. The van der Waals surface area contributed by atoms with E-state index in [0.717, 1.165) is 24.0 Å². The molecule has 4 aromatic rings. The van der Waals surface area contributed by atoms with Gasteiger partial charge in [0.25, 0.3) is 0 Å². The van der Waals surface area contributed by atoms with E-state index in [2.05, 4.69) is 55.1 Å². The lowest BCUT2D eigenvalue weighted by Crippen LogP contribution is -2.37. The highest BCUT2D eigenvalue weighted by Crippen LogP contribution is 2.20. The van der Waals surface area contributed by atoms with Gasteiger partial charge in [-0.2, -0.15) is 4.98 Å². The fourth-order valence-corrected chi connectivity index (χ4v) is 3.30. The van der Waals surface area contributed by atoms with E-state index < -0.39 is 0 Å². The molecule has 2 aromatic carbocycles. The maximum atomic E-state index is 6.02. The molecule has 0 radical (unpaired) electrons. The number of benzene rings is 2. The lowest BCUT2D eigenvalue weighted by Gasteiger charge is -2.10. The van der Waals surface area contributed by atoms with E-state index in [4.69, 9.17) is 16.1 Å². The van der Waals surface area contributed by atoms with Crippen LogP contribution in [0.5, 0.6) is 0 Å². The van der Waals surface area contributed by atoms with E-state index in [0.29, 0.717) is 29.2 Å². The number of nitrogens with zero attached hydrogens (tertiary/aromatic N) is 3. The number of aromatic nitrogens is 3. The number of nitrogens with one attached hydrogen (secondary N) is 3. The van der Waals surface area contributed by atoms with Gasteiger partial charge in [0.1, 0.15) is 0 Å². The monoisotopic (exact) mass is 408 g/mol. The van der Waals surface area contributed by atoms with Crippen LogP contribution in [-0.2, 0) is 13.0 Å². The van der Waals surface area contributed by atoms with Crippen molar-refractivity contribution in [2.45, 2.75) is 13.0 Å². The molecule has 7 nitrogen and oxygen atoms in total. The first-order chi connectivity index (χ1) is 14.2. The van der Waals surface area contributed by atoms with Crippen LogP contribution in [0.1, 0.15) is 11.5 Å². The van der Waals surface area contributed by atoms with Gasteiger partial charge >= 0.3 is 0 Å². The zero-order chi connectivity index (χ0) is 20.1. The minimum absolute atomic E-state index is 0.375. The maximum absolute atomic E-state index is 6.02. The predicted molar refractivity (Wildman–Crippen MR) is 115 cm³/mol. The van der Waals surface area contributed by atoms with Crippen molar-refractivity contribution in [3.8, 4) is 11.4 Å². The molecule has 0 atom stereocenters. The largest absolute Gasteiger partial charge is 0.361 e. The number of halogens is 1. The summed E-state index contributed by atoms with van der Waals surface area (Å²) in [5, 5.41) is 12.4. The molecule has 0 aliphatic carbocycles. The molecule has 2 aromatic heterocycles. The quantitative estimate of drug-likeness (QED) is 0.333. The fourth-order valence-electron chi connectivity index (χ4n) is 3.11. The summed E-state index contributed by atoms with van der Waals surface area (Å²) >= 11 is 6.02. The van der Waals surface area contributed by atoms with Gasteiger partial charge in [0, 0.05) is 41.3 Å². The van der Waals surface area contributed by atoms with Crippen LogP contribution >= 0.6 is 11.6 Å². The summed E-state index contributed by atoms with van der Waals surface area (Å²) < 4.78 is 5.31. The average molecular weight is 409 g/mol. The van der Waals surface area contributed by atoms with E-state index in [-0.39, 0.29) is 0 Å². The predicted octanol–water partition coefficient (Wildman–Crippen LogP) is 3.78. The summed E-state index contributed by atoms with van der Waals surface area (Å²) in [4.78, 5) is 11.9. The zero-order valence-corrected chi connectivity index (χ0v) is 16.7. The van der Waals surface area contributed by atoms with Crippen molar-refractivity contribution < 1.29 is 4.52 Å². The van der Waals surface area contributed by atoms with Gasteiger partial charge in [0.2, 0.25) is 11.7 Å². The molecule has 0 spiro atoms. The van der Waals surface area contributed by atoms with Crippen molar-refractivity contribution in [1.82, 2.24) is 25.8 Å². The van der Waals surface area contributed by atoms with E-state index in [9.17, 15) is 0 Å². The van der Waals surface area contributed by atoms with Crippen LogP contribution in [-0.4, -0.2) is 34.7 Å². The minimum Gasteiger partial charge on any atom is -0.361 e. The second-order valence-corrected chi connectivity index (χ2v) is 6.92. The Labute approximate surface area is 173 Å². The molecule has 0 bridgehead atoms. The number of fused-ring (bicyclic) bond motifs is 1.